The molecule has 110 valence electrons. The fraction of sp³-hybridized carbons (Fsp3) is 0.294. The standard InChI is InChI=1S/C17H18FNO2/c1-11-3-6-17-12(7-11)8-14(21-17)10-19-16-9-13(20-2)4-5-15(16)18/h3-7,9,14,19H,8,10H2,1-2H3. The summed E-state index contributed by atoms with van der Waals surface area (Å²) in [5.74, 6) is 1.27. The Morgan fingerprint density at radius 1 is 1.29 bits per heavy atom. The number of fused-ring (bicyclic) bond motifs is 1. The van der Waals surface area contributed by atoms with Crippen molar-refractivity contribution in [1.82, 2.24) is 0 Å². The molecule has 2 aromatic rings. The van der Waals surface area contributed by atoms with Gasteiger partial charge in [0, 0.05) is 12.5 Å². The minimum atomic E-state index is -0.290. The zero-order valence-electron chi connectivity index (χ0n) is 12.2. The highest BCUT2D eigenvalue weighted by Crippen LogP contribution is 2.30. The van der Waals surface area contributed by atoms with Crippen molar-refractivity contribution in [3.05, 3.63) is 53.3 Å². The highest BCUT2D eigenvalue weighted by atomic mass is 19.1. The Labute approximate surface area is 123 Å². The highest BCUT2D eigenvalue weighted by molar-refractivity contribution is 5.50. The van der Waals surface area contributed by atoms with Gasteiger partial charge < -0.3 is 14.8 Å². The maximum Gasteiger partial charge on any atom is 0.146 e. The molecular weight excluding hydrogens is 269 g/mol. The summed E-state index contributed by atoms with van der Waals surface area (Å²) >= 11 is 0. The minimum absolute atomic E-state index is 0.0207. The largest absolute Gasteiger partial charge is 0.497 e. The molecule has 0 amide bonds. The van der Waals surface area contributed by atoms with E-state index in [1.165, 1.54) is 17.2 Å². The molecule has 2 aromatic carbocycles. The number of hydrogen-bond acceptors (Lipinski definition) is 3. The number of methoxy groups -OCH3 is 1. The van der Waals surface area contributed by atoms with Gasteiger partial charge >= 0.3 is 0 Å². The number of ether oxygens (including phenoxy) is 2. The summed E-state index contributed by atoms with van der Waals surface area (Å²) in [5.41, 5.74) is 2.88. The van der Waals surface area contributed by atoms with Crippen molar-refractivity contribution in [3.63, 3.8) is 0 Å². The fourth-order valence-corrected chi connectivity index (χ4v) is 2.55. The molecule has 0 radical (unpaired) electrons. The van der Waals surface area contributed by atoms with Crippen LogP contribution in [0, 0.1) is 12.7 Å². The lowest BCUT2D eigenvalue weighted by Gasteiger charge is -2.14. The van der Waals surface area contributed by atoms with E-state index in [2.05, 4.69) is 18.3 Å². The molecule has 0 saturated carbocycles. The van der Waals surface area contributed by atoms with Gasteiger partial charge in [0.1, 0.15) is 23.4 Å². The van der Waals surface area contributed by atoms with E-state index in [4.69, 9.17) is 9.47 Å². The molecule has 1 aliphatic rings. The van der Waals surface area contributed by atoms with E-state index >= 15 is 0 Å². The van der Waals surface area contributed by atoms with E-state index in [0.29, 0.717) is 18.0 Å². The molecule has 3 rings (SSSR count). The highest BCUT2D eigenvalue weighted by Gasteiger charge is 2.22. The first-order valence-corrected chi connectivity index (χ1v) is 6.99. The van der Waals surface area contributed by atoms with Gasteiger partial charge in [0.15, 0.2) is 0 Å². The average Bonchev–Trinajstić information content (AvgIpc) is 2.88. The van der Waals surface area contributed by atoms with E-state index in [0.717, 1.165) is 12.2 Å². The van der Waals surface area contributed by atoms with Crippen molar-refractivity contribution in [3.8, 4) is 11.5 Å². The summed E-state index contributed by atoms with van der Waals surface area (Å²) in [5, 5.41) is 3.10. The van der Waals surface area contributed by atoms with Gasteiger partial charge in [-0.25, -0.2) is 4.39 Å². The number of halogens is 1. The van der Waals surface area contributed by atoms with Crippen LogP contribution in [0.1, 0.15) is 11.1 Å². The molecule has 0 aliphatic carbocycles. The fourth-order valence-electron chi connectivity index (χ4n) is 2.55. The van der Waals surface area contributed by atoms with E-state index in [1.54, 1.807) is 19.2 Å². The quantitative estimate of drug-likeness (QED) is 0.932. The number of rotatable bonds is 4. The van der Waals surface area contributed by atoms with Gasteiger partial charge in [0.05, 0.1) is 19.3 Å². The predicted molar refractivity (Wildman–Crippen MR) is 80.7 cm³/mol. The van der Waals surface area contributed by atoms with Crippen LogP contribution in [0.5, 0.6) is 11.5 Å². The summed E-state index contributed by atoms with van der Waals surface area (Å²) < 4.78 is 24.7. The van der Waals surface area contributed by atoms with E-state index in [-0.39, 0.29) is 11.9 Å². The molecular formula is C17H18FNO2. The summed E-state index contributed by atoms with van der Waals surface area (Å²) in [4.78, 5) is 0. The van der Waals surface area contributed by atoms with Crippen LogP contribution in [0.25, 0.3) is 0 Å². The first-order valence-electron chi connectivity index (χ1n) is 6.99. The molecule has 1 unspecified atom stereocenters. The molecule has 0 fully saturated rings. The Morgan fingerprint density at radius 3 is 2.95 bits per heavy atom. The number of benzene rings is 2. The maximum atomic E-state index is 13.7. The number of nitrogens with one attached hydrogen (secondary N) is 1. The second-order valence-electron chi connectivity index (χ2n) is 5.28. The first kappa shape index (κ1) is 13.7. The zero-order valence-corrected chi connectivity index (χ0v) is 12.2. The first-order chi connectivity index (χ1) is 10.2. The van der Waals surface area contributed by atoms with Crippen LogP contribution in [0.4, 0.5) is 10.1 Å². The Hall–Kier alpha value is -2.23. The van der Waals surface area contributed by atoms with Gasteiger partial charge in [-0.05, 0) is 30.7 Å². The second-order valence-corrected chi connectivity index (χ2v) is 5.28. The molecule has 1 heterocycles. The molecule has 1 N–H and O–H groups in total. The molecule has 0 spiro atoms. The Balaban J connectivity index is 1.65. The average molecular weight is 287 g/mol. The number of anilines is 1. The van der Waals surface area contributed by atoms with Gasteiger partial charge in [0.25, 0.3) is 0 Å². The lowest BCUT2D eigenvalue weighted by atomic mass is 10.1. The van der Waals surface area contributed by atoms with Crippen LogP contribution in [0.15, 0.2) is 36.4 Å². The molecule has 1 atom stereocenters. The van der Waals surface area contributed by atoms with Crippen molar-refractivity contribution < 1.29 is 13.9 Å². The molecule has 3 nitrogen and oxygen atoms in total. The maximum absolute atomic E-state index is 13.7. The normalized spacial score (nSPS) is 16.2. The van der Waals surface area contributed by atoms with Crippen molar-refractivity contribution in [2.45, 2.75) is 19.4 Å². The van der Waals surface area contributed by atoms with Gasteiger partial charge in [-0.2, -0.15) is 0 Å². The molecule has 1 aliphatic heterocycles. The van der Waals surface area contributed by atoms with Crippen LogP contribution in [0.3, 0.4) is 0 Å². The van der Waals surface area contributed by atoms with Crippen LogP contribution < -0.4 is 14.8 Å². The third-order valence-electron chi connectivity index (χ3n) is 3.65. The Kier molecular flexibility index (Phi) is 3.69. The summed E-state index contributed by atoms with van der Waals surface area (Å²) in [6.45, 7) is 2.62. The van der Waals surface area contributed by atoms with Crippen LogP contribution in [-0.4, -0.2) is 19.8 Å². The molecule has 0 saturated heterocycles. The van der Waals surface area contributed by atoms with Crippen molar-refractivity contribution in [2.24, 2.45) is 0 Å². The lowest BCUT2D eigenvalue weighted by molar-refractivity contribution is 0.246. The summed E-state index contributed by atoms with van der Waals surface area (Å²) in [6, 6.07) is 10.8. The van der Waals surface area contributed by atoms with Gasteiger partial charge in [-0.3, -0.25) is 0 Å². The van der Waals surface area contributed by atoms with Gasteiger partial charge in [-0.15, -0.1) is 0 Å². The molecule has 4 heteroatoms. The molecule has 21 heavy (non-hydrogen) atoms. The third kappa shape index (κ3) is 2.94. The molecule has 0 aromatic heterocycles. The van der Waals surface area contributed by atoms with Gasteiger partial charge in [0.2, 0.25) is 0 Å². The molecule has 0 bridgehead atoms. The number of aryl methyl sites for hydroxylation is 1. The van der Waals surface area contributed by atoms with E-state index in [1.807, 2.05) is 12.1 Å². The Morgan fingerprint density at radius 2 is 2.14 bits per heavy atom. The smallest absolute Gasteiger partial charge is 0.146 e. The monoisotopic (exact) mass is 287 g/mol. The van der Waals surface area contributed by atoms with Crippen molar-refractivity contribution in [1.29, 1.82) is 0 Å². The van der Waals surface area contributed by atoms with Gasteiger partial charge in [-0.1, -0.05) is 17.7 Å². The van der Waals surface area contributed by atoms with E-state index < -0.39 is 0 Å². The zero-order chi connectivity index (χ0) is 14.8. The SMILES string of the molecule is COc1ccc(F)c(NCC2Cc3cc(C)ccc3O2)c1. The van der Waals surface area contributed by atoms with Crippen LogP contribution >= 0.6 is 0 Å². The van der Waals surface area contributed by atoms with Crippen molar-refractivity contribution >= 4 is 5.69 Å². The van der Waals surface area contributed by atoms with Crippen molar-refractivity contribution in [2.75, 3.05) is 19.0 Å². The summed E-state index contributed by atoms with van der Waals surface area (Å²) in [7, 11) is 1.57. The minimum Gasteiger partial charge on any atom is -0.497 e. The van der Waals surface area contributed by atoms with Crippen LogP contribution in [-0.2, 0) is 6.42 Å². The lowest BCUT2D eigenvalue weighted by Crippen LogP contribution is -2.24. The predicted octanol–water partition coefficient (Wildman–Crippen LogP) is 3.56. The van der Waals surface area contributed by atoms with Crippen LogP contribution in [0.2, 0.25) is 0 Å². The van der Waals surface area contributed by atoms with E-state index in [9.17, 15) is 4.39 Å². The number of hydrogen-bond donors (Lipinski definition) is 1. The Bertz CT molecular complexity index is 657. The summed E-state index contributed by atoms with van der Waals surface area (Å²) in [6.07, 6.45) is 0.864. The topological polar surface area (TPSA) is 30.5 Å². The second kappa shape index (κ2) is 5.64. The third-order valence-corrected chi connectivity index (χ3v) is 3.65.